The van der Waals surface area contributed by atoms with Crippen molar-refractivity contribution in [1.29, 1.82) is 0 Å². The Morgan fingerprint density at radius 3 is 2.19 bits per heavy atom. The highest BCUT2D eigenvalue weighted by Crippen LogP contribution is 2.19. The molecule has 3 amide bonds. The number of fused-ring (bicyclic) bond motifs is 1. The molecule has 1 aromatic carbocycles. The van der Waals surface area contributed by atoms with E-state index in [0.717, 1.165) is 16.5 Å². The summed E-state index contributed by atoms with van der Waals surface area (Å²) in [5.41, 5.74) is 7.65. The number of amides is 3. The van der Waals surface area contributed by atoms with Gasteiger partial charge in [0.2, 0.25) is 17.7 Å². The molecular weight excluding hydrogens is 486 g/mol. The largest absolute Gasteiger partial charge is 0.480 e. The summed E-state index contributed by atoms with van der Waals surface area (Å²) in [5, 5.41) is 27.1. The van der Waals surface area contributed by atoms with Gasteiger partial charge in [0.25, 0.3) is 0 Å². The zero-order chi connectivity index (χ0) is 27.0. The number of aliphatic hydroxyl groups is 1. The average molecular weight is 522 g/mol. The number of carboxylic acid groups (broad SMARTS) is 1. The van der Waals surface area contributed by atoms with Gasteiger partial charge in [-0.15, -0.1) is 0 Å². The fourth-order valence-corrected chi connectivity index (χ4v) is 3.99. The van der Waals surface area contributed by atoms with Crippen LogP contribution in [0.3, 0.4) is 0 Å². The molecule has 0 aliphatic heterocycles. The molecule has 0 spiro atoms. The molecule has 12 heteroatoms. The minimum absolute atomic E-state index is 0.113. The van der Waals surface area contributed by atoms with Crippen LogP contribution in [0.25, 0.3) is 10.9 Å². The van der Waals surface area contributed by atoms with E-state index in [0.29, 0.717) is 6.42 Å². The van der Waals surface area contributed by atoms with Crippen molar-refractivity contribution in [3.63, 3.8) is 0 Å². The van der Waals surface area contributed by atoms with Gasteiger partial charge in [-0.05, 0) is 30.9 Å². The summed E-state index contributed by atoms with van der Waals surface area (Å²) in [6.45, 7) is 5.08. The summed E-state index contributed by atoms with van der Waals surface area (Å²) in [5.74, 6) is -3.41. The van der Waals surface area contributed by atoms with Gasteiger partial charge >= 0.3 is 5.97 Å². The molecule has 1 aromatic heterocycles. The van der Waals surface area contributed by atoms with Gasteiger partial charge in [0.05, 0.1) is 12.1 Å². The molecule has 8 N–H and O–H groups in total. The molecular formula is C24H35N5O6S. The van der Waals surface area contributed by atoms with Crippen LogP contribution < -0.4 is 21.7 Å². The Kier molecular flexibility index (Phi) is 10.8. The molecule has 0 bridgehead atoms. The standard InChI is InChI=1S/C24H35N5O6S/c1-12(2)8-16(25)21(31)27-18(9-14-10-26-17-7-5-4-6-15(14)17)22(32)28-19(11-36)23(33)29-20(13(3)30)24(34)35/h4-7,10,12-13,16,18-20,26,30,36H,8-9,11,25H2,1-3H3,(H,27,31)(H,28,32)(H,29,33)(H,34,35). The lowest BCUT2D eigenvalue weighted by Gasteiger charge is -2.25. The average Bonchev–Trinajstić information content (AvgIpc) is 3.22. The number of nitrogens with one attached hydrogen (secondary N) is 4. The first-order valence-electron chi connectivity index (χ1n) is 11.7. The number of H-pyrrole nitrogens is 1. The number of hydrogen-bond acceptors (Lipinski definition) is 7. The second-order valence-corrected chi connectivity index (χ2v) is 9.53. The van der Waals surface area contributed by atoms with Gasteiger partial charge in [-0.2, -0.15) is 12.6 Å². The number of nitrogens with two attached hydrogens (primary N) is 1. The van der Waals surface area contributed by atoms with Crippen molar-refractivity contribution < 1.29 is 29.4 Å². The van der Waals surface area contributed by atoms with Gasteiger partial charge in [0.1, 0.15) is 12.1 Å². The van der Waals surface area contributed by atoms with Crippen molar-refractivity contribution in [2.45, 2.75) is 63.9 Å². The lowest BCUT2D eigenvalue weighted by Crippen LogP contribution is -2.59. The third kappa shape index (κ3) is 7.97. The minimum Gasteiger partial charge on any atom is -0.480 e. The third-order valence-corrected chi connectivity index (χ3v) is 6.02. The van der Waals surface area contributed by atoms with E-state index in [1.807, 2.05) is 38.1 Å². The zero-order valence-corrected chi connectivity index (χ0v) is 21.4. The lowest BCUT2D eigenvalue weighted by atomic mass is 10.0. The second kappa shape index (κ2) is 13.3. The first-order valence-corrected chi connectivity index (χ1v) is 12.3. The Balaban J connectivity index is 2.24. The van der Waals surface area contributed by atoms with Crippen molar-refractivity contribution in [3.8, 4) is 0 Å². The Morgan fingerprint density at radius 2 is 1.61 bits per heavy atom. The second-order valence-electron chi connectivity index (χ2n) is 9.17. The highest BCUT2D eigenvalue weighted by molar-refractivity contribution is 7.80. The number of rotatable bonds is 13. The molecule has 198 valence electrons. The minimum atomic E-state index is -1.56. The van der Waals surface area contributed by atoms with Gasteiger partial charge in [-0.25, -0.2) is 4.79 Å². The number of para-hydroxylation sites is 1. The number of carbonyl (C=O) groups excluding carboxylic acids is 3. The van der Waals surface area contributed by atoms with Crippen LogP contribution >= 0.6 is 12.6 Å². The van der Waals surface area contributed by atoms with Crippen LogP contribution in [0.4, 0.5) is 0 Å². The predicted molar refractivity (Wildman–Crippen MR) is 138 cm³/mol. The van der Waals surface area contributed by atoms with Crippen molar-refractivity contribution in [2.75, 3.05) is 5.75 Å². The van der Waals surface area contributed by atoms with E-state index >= 15 is 0 Å². The maximum absolute atomic E-state index is 13.3. The predicted octanol–water partition coefficient (Wildman–Crippen LogP) is -0.0666. The number of benzene rings is 1. The number of aliphatic hydroxyl groups excluding tert-OH is 1. The van der Waals surface area contributed by atoms with Crippen LogP contribution in [0.2, 0.25) is 0 Å². The summed E-state index contributed by atoms with van der Waals surface area (Å²) in [6, 6.07) is 2.82. The number of hydrogen-bond donors (Lipinski definition) is 8. The van der Waals surface area contributed by atoms with E-state index < -0.39 is 54.0 Å². The first kappa shape index (κ1) is 29.1. The highest BCUT2D eigenvalue weighted by atomic mass is 32.1. The molecule has 2 aromatic rings. The van der Waals surface area contributed by atoms with Crippen LogP contribution in [0.15, 0.2) is 30.5 Å². The normalized spacial score (nSPS) is 15.5. The molecule has 0 aliphatic rings. The molecule has 5 atom stereocenters. The van der Waals surface area contributed by atoms with Crippen LogP contribution in [0.1, 0.15) is 32.8 Å². The number of aliphatic carboxylic acids is 1. The highest BCUT2D eigenvalue weighted by Gasteiger charge is 2.31. The quantitative estimate of drug-likeness (QED) is 0.169. The number of thiol groups is 1. The third-order valence-electron chi connectivity index (χ3n) is 5.66. The SMILES string of the molecule is CC(C)CC(N)C(=O)NC(Cc1c[nH]c2ccccc12)C(=O)NC(CS)C(=O)NC(C(=O)O)C(C)O. The van der Waals surface area contributed by atoms with Crippen molar-refractivity contribution in [2.24, 2.45) is 11.7 Å². The zero-order valence-electron chi connectivity index (χ0n) is 20.5. The van der Waals surface area contributed by atoms with Crippen LogP contribution in [0, 0.1) is 5.92 Å². The molecule has 0 saturated heterocycles. The van der Waals surface area contributed by atoms with E-state index in [2.05, 4.69) is 33.6 Å². The fraction of sp³-hybridized carbons (Fsp3) is 0.500. The maximum atomic E-state index is 13.3. The summed E-state index contributed by atoms with van der Waals surface area (Å²) in [4.78, 5) is 53.1. The van der Waals surface area contributed by atoms with E-state index in [4.69, 9.17) is 5.73 Å². The molecule has 0 radical (unpaired) electrons. The number of carbonyl (C=O) groups is 4. The van der Waals surface area contributed by atoms with Gasteiger partial charge < -0.3 is 36.9 Å². The van der Waals surface area contributed by atoms with Crippen LogP contribution in [-0.4, -0.2) is 74.9 Å². The van der Waals surface area contributed by atoms with Gasteiger partial charge in [-0.3, -0.25) is 14.4 Å². The topological polar surface area (TPSA) is 187 Å². The summed E-state index contributed by atoms with van der Waals surface area (Å²) < 4.78 is 0. The Bertz CT molecular complexity index is 1070. The van der Waals surface area contributed by atoms with Crippen molar-refractivity contribution in [3.05, 3.63) is 36.0 Å². The van der Waals surface area contributed by atoms with Crippen LogP contribution in [0.5, 0.6) is 0 Å². The number of carboxylic acids is 1. The van der Waals surface area contributed by atoms with E-state index in [1.54, 1.807) is 6.20 Å². The molecule has 5 unspecified atom stereocenters. The summed E-state index contributed by atoms with van der Waals surface area (Å²) in [7, 11) is 0. The summed E-state index contributed by atoms with van der Waals surface area (Å²) in [6.07, 6.45) is 0.917. The molecule has 2 rings (SSSR count). The molecule has 0 aliphatic carbocycles. The molecule has 1 heterocycles. The smallest absolute Gasteiger partial charge is 0.328 e. The number of aromatic amines is 1. The molecule has 0 fully saturated rings. The molecule has 0 saturated carbocycles. The van der Waals surface area contributed by atoms with Gasteiger partial charge in [0, 0.05) is 29.3 Å². The molecule has 11 nitrogen and oxygen atoms in total. The van der Waals surface area contributed by atoms with E-state index in [9.17, 15) is 29.4 Å². The maximum Gasteiger partial charge on any atom is 0.328 e. The van der Waals surface area contributed by atoms with Crippen LogP contribution in [-0.2, 0) is 25.6 Å². The Labute approximate surface area is 215 Å². The van der Waals surface area contributed by atoms with Crippen molar-refractivity contribution in [1.82, 2.24) is 20.9 Å². The first-order chi connectivity index (χ1) is 16.9. The summed E-state index contributed by atoms with van der Waals surface area (Å²) >= 11 is 4.10. The Hall–Kier alpha value is -3.09. The van der Waals surface area contributed by atoms with E-state index in [1.165, 1.54) is 6.92 Å². The lowest BCUT2D eigenvalue weighted by molar-refractivity contribution is -0.145. The van der Waals surface area contributed by atoms with Gasteiger partial charge in [0.15, 0.2) is 6.04 Å². The van der Waals surface area contributed by atoms with Crippen molar-refractivity contribution >= 4 is 47.2 Å². The fourth-order valence-electron chi connectivity index (χ4n) is 3.73. The van der Waals surface area contributed by atoms with E-state index in [-0.39, 0.29) is 18.1 Å². The molecule has 36 heavy (non-hydrogen) atoms. The monoisotopic (exact) mass is 521 g/mol. The van der Waals surface area contributed by atoms with Gasteiger partial charge in [-0.1, -0.05) is 32.0 Å². The Morgan fingerprint density at radius 1 is 1.00 bits per heavy atom. The number of aromatic nitrogens is 1.